The molecule has 1 fully saturated rings. The summed E-state index contributed by atoms with van der Waals surface area (Å²) in [6.45, 7) is 0. The molecule has 1 aliphatic rings. The van der Waals surface area contributed by atoms with Crippen LogP contribution >= 0.6 is 0 Å². The number of carboxylic acids is 1. The normalized spacial score (nSPS) is 15.0. The number of aromatic nitrogens is 1. The van der Waals surface area contributed by atoms with Crippen LogP contribution in [-0.2, 0) is 0 Å². The molecule has 0 unspecified atom stereocenters. The van der Waals surface area contributed by atoms with Crippen LogP contribution < -0.4 is 10.5 Å². The van der Waals surface area contributed by atoms with Gasteiger partial charge in [0.2, 0.25) is 5.88 Å². The van der Waals surface area contributed by atoms with E-state index in [1.807, 2.05) is 0 Å². The van der Waals surface area contributed by atoms with Gasteiger partial charge in [-0.3, -0.25) is 0 Å². The Morgan fingerprint density at radius 2 is 2.33 bits per heavy atom. The lowest BCUT2D eigenvalue weighted by atomic mass is 10.1. The van der Waals surface area contributed by atoms with Crippen LogP contribution in [0, 0.1) is 0 Å². The molecule has 0 spiro atoms. The minimum absolute atomic E-state index is 0.0133. The van der Waals surface area contributed by atoms with Crippen LogP contribution in [-0.4, -0.2) is 23.2 Å². The highest BCUT2D eigenvalue weighted by molar-refractivity contribution is 5.91. The predicted molar refractivity (Wildman–Crippen MR) is 54.1 cm³/mol. The van der Waals surface area contributed by atoms with Crippen molar-refractivity contribution in [1.82, 2.24) is 4.98 Å². The zero-order valence-corrected chi connectivity index (χ0v) is 8.36. The topological polar surface area (TPSA) is 85.4 Å². The number of carboxylic acid groups (broad SMARTS) is 1. The summed E-state index contributed by atoms with van der Waals surface area (Å²) in [6.07, 6.45) is 2.12. The molecule has 0 saturated heterocycles. The van der Waals surface area contributed by atoms with Crippen molar-refractivity contribution in [3.05, 3.63) is 17.3 Å². The van der Waals surface area contributed by atoms with Crippen LogP contribution in [0.1, 0.15) is 34.8 Å². The van der Waals surface area contributed by atoms with Gasteiger partial charge in [0.25, 0.3) is 0 Å². The monoisotopic (exact) mass is 208 g/mol. The van der Waals surface area contributed by atoms with Crippen molar-refractivity contribution in [3.8, 4) is 5.88 Å². The van der Waals surface area contributed by atoms with Crippen molar-refractivity contribution in [1.29, 1.82) is 0 Å². The van der Waals surface area contributed by atoms with Crippen LogP contribution in [0.5, 0.6) is 5.88 Å². The number of hydrogen-bond donors (Lipinski definition) is 2. The van der Waals surface area contributed by atoms with Crippen LogP contribution in [0.25, 0.3) is 0 Å². The molecule has 1 aromatic heterocycles. The van der Waals surface area contributed by atoms with Crippen molar-refractivity contribution in [3.63, 3.8) is 0 Å². The van der Waals surface area contributed by atoms with Crippen molar-refractivity contribution in [2.24, 2.45) is 0 Å². The molecule has 80 valence electrons. The third kappa shape index (κ3) is 1.72. The minimum Gasteiger partial charge on any atom is -0.480 e. The van der Waals surface area contributed by atoms with E-state index in [0.29, 0.717) is 11.6 Å². The smallest absolute Gasteiger partial charge is 0.341 e. The molecular weight excluding hydrogens is 196 g/mol. The molecule has 0 radical (unpaired) electrons. The van der Waals surface area contributed by atoms with Crippen LogP contribution in [0.3, 0.4) is 0 Å². The number of nitrogens with two attached hydrogens (primary N) is 1. The fraction of sp³-hybridized carbons (Fsp3) is 0.400. The molecule has 3 N–H and O–H groups in total. The summed E-state index contributed by atoms with van der Waals surface area (Å²) in [4.78, 5) is 15.0. The first-order chi connectivity index (χ1) is 7.13. The van der Waals surface area contributed by atoms with Crippen molar-refractivity contribution in [2.75, 3.05) is 12.8 Å². The number of anilines is 1. The summed E-state index contributed by atoms with van der Waals surface area (Å²) >= 11 is 0. The Bertz CT molecular complexity index is 413. The average Bonchev–Trinajstić information content (AvgIpc) is 3.00. The van der Waals surface area contributed by atoms with E-state index in [0.717, 1.165) is 18.5 Å². The Kier molecular flexibility index (Phi) is 2.22. The number of aromatic carboxylic acids is 1. The van der Waals surface area contributed by atoms with Gasteiger partial charge in [0, 0.05) is 5.92 Å². The van der Waals surface area contributed by atoms with Crippen LogP contribution in [0.4, 0.5) is 5.69 Å². The fourth-order valence-corrected chi connectivity index (χ4v) is 1.52. The van der Waals surface area contributed by atoms with E-state index in [4.69, 9.17) is 15.6 Å². The molecule has 5 nitrogen and oxygen atoms in total. The van der Waals surface area contributed by atoms with Crippen molar-refractivity contribution >= 4 is 11.7 Å². The Hall–Kier alpha value is -1.78. The average molecular weight is 208 g/mol. The molecule has 15 heavy (non-hydrogen) atoms. The lowest BCUT2D eigenvalue weighted by molar-refractivity contribution is 0.0692. The quantitative estimate of drug-likeness (QED) is 0.780. The molecule has 5 heteroatoms. The van der Waals surface area contributed by atoms with E-state index in [2.05, 4.69) is 4.98 Å². The maximum atomic E-state index is 10.9. The van der Waals surface area contributed by atoms with Crippen LogP contribution in [0.15, 0.2) is 6.07 Å². The number of rotatable bonds is 3. The second-order valence-electron chi connectivity index (χ2n) is 3.60. The maximum absolute atomic E-state index is 10.9. The van der Waals surface area contributed by atoms with Gasteiger partial charge >= 0.3 is 5.97 Å². The first-order valence-corrected chi connectivity index (χ1v) is 4.71. The van der Waals surface area contributed by atoms with E-state index in [-0.39, 0.29) is 11.4 Å². The number of nitrogen functional groups attached to an aromatic ring is 1. The van der Waals surface area contributed by atoms with Crippen molar-refractivity contribution < 1.29 is 14.6 Å². The molecule has 0 bridgehead atoms. The third-order valence-electron chi connectivity index (χ3n) is 2.44. The summed E-state index contributed by atoms with van der Waals surface area (Å²) < 4.78 is 4.93. The Morgan fingerprint density at radius 1 is 1.67 bits per heavy atom. The van der Waals surface area contributed by atoms with Gasteiger partial charge < -0.3 is 15.6 Å². The van der Waals surface area contributed by atoms with Gasteiger partial charge in [-0.2, -0.15) is 0 Å². The number of hydrogen-bond acceptors (Lipinski definition) is 4. The van der Waals surface area contributed by atoms with E-state index >= 15 is 0 Å². The second-order valence-corrected chi connectivity index (χ2v) is 3.60. The molecule has 1 aliphatic carbocycles. The zero-order chi connectivity index (χ0) is 11.0. The highest BCUT2D eigenvalue weighted by Crippen LogP contribution is 2.42. The van der Waals surface area contributed by atoms with Gasteiger partial charge in [0.1, 0.15) is 5.56 Å². The standard InChI is InChI=1S/C10H12N2O3/c1-15-9-6(10(13)14)4-7(11)8(12-9)5-2-3-5/h4-5H,2-3,11H2,1H3,(H,13,14). The van der Waals surface area contributed by atoms with E-state index in [9.17, 15) is 4.79 Å². The van der Waals surface area contributed by atoms with Gasteiger partial charge in [-0.1, -0.05) is 0 Å². The summed E-state index contributed by atoms with van der Waals surface area (Å²) in [5.74, 6) is -0.561. The second kappa shape index (κ2) is 3.42. The number of methoxy groups -OCH3 is 1. The highest BCUT2D eigenvalue weighted by atomic mass is 16.5. The molecule has 1 aromatic rings. The number of pyridine rings is 1. The van der Waals surface area contributed by atoms with E-state index in [1.54, 1.807) is 0 Å². The number of carbonyl (C=O) groups is 1. The van der Waals surface area contributed by atoms with E-state index < -0.39 is 5.97 Å². The molecule has 1 saturated carbocycles. The lowest BCUT2D eigenvalue weighted by Crippen LogP contribution is -2.07. The maximum Gasteiger partial charge on any atom is 0.341 e. The van der Waals surface area contributed by atoms with Gasteiger partial charge in [-0.15, -0.1) is 0 Å². The molecule has 0 aromatic carbocycles. The fourth-order valence-electron chi connectivity index (χ4n) is 1.52. The van der Waals surface area contributed by atoms with Crippen molar-refractivity contribution in [2.45, 2.75) is 18.8 Å². The van der Waals surface area contributed by atoms with Crippen LogP contribution in [0.2, 0.25) is 0 Å². The Balaban J connectivity index is 2.49. The Labute approximate surface area is 86.9 Å². The number of nitrogens with zero attached hydrogens (tertiary/aromatic N) is 1. The minimum atomic E-state index is -1.08. The summed E-state index contributed by atoms with van der Waals surface area (Å²) in [7, 11) is 1.40. The molecule has 0 amide bonds. The van der Waals surface area contributed by atoms with Gasteiger partial charge in [-0.25, -0.2) is 9.78 Å². The summed E-state index contributed by atoms with van der Waals surface area (Å²) in [5, 5.41) is 8.89. The van der Waals surface area contributed by atoms with Gasteiger partial charge in [-0.05, 0) is 18.9 Å². The Morgan fingerprint density at radius 3 is 2.80 bits per heavy atom. The molecule has 2 rings (SSSR count). The molecule has 1 heterocycles. The summed E-state index contributed by atoms with van der Waals surface area (Å²) in [6, 6.07) is 1.42. The molecular formula is C10H12N2O3. The largest absolute Gasteiger partial charge is 0.480 e. The first kappa shape index (κ1) is 9.76. The SMILES string of the molecule is COc1nc(C2CC2)c(N)cc1C(=O)O. The summed E-state index contributed by atoms with van der Waals surface area (Å²) in [5.41, 5.74) is 6.96. The zero-order valence-electron chi connectivity index (χ0n) is 8.36. The first-order valence-electron chi connectivity index (χ1n) is 4.71. The van der Waals surface area contributed by atoms with Gasteiger partial charge in [0.15, 0.2) is 0 Å². The van der Waals surface area contributed by atoms with E-state index in [1.165, 1.54) is 13.2 Å². The molecule has 0 atom stereocenters. The van der Waals surface area contributed by atoms with Gasteiger partial charge in [0.05, 0.1) is 18.5 Å². The lowest BCUT2D eigenvalue weighted by Gasteiger charge is -2.08. The number of ether oxygens (including phenoxy) is 1. The third-order valence-corrected chi connectivity index (χ3v) is 2.44. The predicted octanol–water partition coefficient (Wildman–Crippen LogP) is 1.25. The molecule has 0 aliphatic heterocycles. The highest BCUT2D eigenvalue weighted by Gasteiger charge is 2.29.